The van der Waals surface area contributed by atoms with Gasteiger partial charge in [-0.25, -0.2) is 9.78 Å². The second kappa shape index (κ2) is 10.7. The Bertz CT molecular complexity index is 1270. The zero-order valence-corrected chi connectivity index (χ0v) is 19.9. The van der Waals surface area contributed by atoms with Gasteiger partial charge in [0.25, 0.3) is 0 Å². The van der Waals surface area contributed by atoms with Gasteiger partial charge in [0.2, 0.25) is 6.29 Å². The molecule has 3 aromatic rings. The molecule has 0 amide bonds. The number of aromatic amines is 1. The number of hydrogen-bond acceptors (Lipinski definition) is 10. The summed E-state index contributed by atoms with van der Waals surface area (Å²) in [6.45, 7) is 0.210. The van der Waals surface area contributed by atoms with E-state index in [0.29, 0.717) is 27.4 Å². The van der Waals surface area contributed by atoms with Crippen molar-refractivity contribution in [2.24, 2.45) is 0 Å². The van der Waals surface area contributed by atoms with Crippen molar-refractivity contribution in [1.29, 1.82) is 0 Å². The number of carboxylic acid groups (broad SMARTS) is 1. The Kier molecular flexibility index (Phi) is 7.80. The summed E-state index contributed by atoms with van der Waals surface area (Å²) < 4.78 is 52.9. The third kappa shape index (κ3) is 6.24. The molecule has 15 heteroatoms. The number of hydrogen-bond donors (Lipinski definition) is 5. The number of nitrogens with zero attached hydrogens (tertiary/aromatic N) is 2. The molecule has 5 N–H and O–H groups in total. The van der Waals surface area contributed by atoms with Crippen molar-refractivity contribution in [2.45, 2.75) is 54.7 Å². The number of imidazole rings is 1. The number of carbonyl (C=O) groups is 1. The van der Waals surface area contributed by atoms with Crippen LogP contribution >= 0.6 is 11.8 Å². The predicted molar refractivity (Wildman–Crippen MR) is 121 cm³/mol. The Morgan fingerprint density at radius 3 is 2.65 bits per heavy atom. The predicted octanol–water partition coefficient (Wildman–Crippen LogP) is 1.77. The summed E-state index contributed by atoms with van der Waals surface area (Å²) in [4.78, 5) is 22.9. The molecule has 0 unspecified atom stereocenters. The van der Waals surface area contributed by atoms with Gasteiger partial charge in [0.15, 0.2) is 17.9 Å². The molecule has 0 radical (unpaired) electrons. The number of benzene rings is 1. The Morgan fingerprint density at radius 2 is 1.95 bits per heavy atom. The first kappa shape index (κ1) is 26.9. The van der Waals surface area contributed by atoms with Crippen LogP contribution in [0.15, 0.2) is 35.6 Å². The summed E-state index contributed by atoms with van der Waals surface area (Å²) >= 11 is 1.25. The average molecular weight is 545 g/mol. The van der Waals surface area contributed by atoms with E-state index in [1.807, 2.05) is 0 Å². The summed E-state index contributed by atoms with van der Waals surface area (Å²) in [7, 11) is 0. The molecular formula is C22H22F3N3O8S. The minimum Gasteiger partial charge on any atom is -0.484 e. The number of rotatable bonds is 8. The van der Waals surface area contributed by atoms with Crippen LogP contribution in [0.25, 0.3) is 11.0 Å². The van der Waals surface area contributed by atoms with E-state index in [1.54, 1.807) is 13.0 Å². The van der Waals surface area contributed by atoms with Crippen molar-refractivity contribution in [3.63, 3.8) is 0 Å². The van der Waals surface area contributed by atoms with Crippen LogP contribution < -0.4 is 9.47 Å². The molecule has 0 saturated carbocycles. The van der Waals surface area contributed by atoms with Gasteiger partial charge in [-0.1, -0.05) is 11.8 Å². The van der Waals surface area contributed by atoms with E-state index >= 15 is 0 Å². The average Bonchev–Trinajstić information content (AvgIpc) is 3.24. The highest BCUT2D eigenvalue weighted by molar-refractivity contribution is 7.98. The van der Waals surface area contributed by atoms with Crippen LogP contribution in [0.5, 0.6) is 11.5 Å². The van der Waals surface area contributed by atoms with Crippen LogP contribution in [-0.4, -0.2) is 84.8 Å². The Hall–Kier alpha value is -3.11. The molecule has 2 aromatic heterocycles. The summed E-state index contributed by atoms with van der Waals surface area (Å²) in [6, 6.07) is 5.97. The van der Waals surface area contributed by atoms with E-state index in [4.69, 9.17) is 19.3 Å². The van der Waals surface area contributed by atoms with Crippen LogP contribution in [0, 0.1) is 6.92 Å². The number of carboxylic acids is 1. The first-order chi connectivity index (χ1) is 17.4. The van der Waals surface area contributed by atoms with Crippen molar-refractivity contribution in [3.8, 4) is 11.5 Å². The lowest BCUT2D eigenvalue weighted by atomic mass is 9.99. The molecule has 11 nitrogen and oxygen atoms in total. The molecule has 37 heavy (non-hydrogen) atoms. The van der Waals surface area contributed by atoms with Crippen molar-refractivity contribution in [2.75, 3.05) is 6.61 Å². The van der Waals surface area contributed by atoms with Crippen LogP contribution in [0.1, 0.15) is 11.3 Å². The number of ether oxygens (including phenoxy) is 3. The first-order valence-electron chi connectivity index (χ1n) is 10.8. The minimum atomic E-state index is -4.46. The normalized spacial score (nSPS) is 24.2. The van der Waals surface area contributed by atoms with Gasteiger partial charge >= 0.3 is 12.1 Å². The summed E-state index contributed by atoms with van der Waals surface area (Å²) in [5, 5.41) is 39.5. The van der Waals surface area contributed by atoms with Crippen LogP contribution in [0.2, 0.25) is 0 Å². The highest BCUT2D eigenvalue weighted by Gasteiger charge is 2.48. The number of aliphatic hydroxyl groups is 3. The van der Waals surface area contributed by atoms with Gasteiger partial charge < -0.3 is 39.6 Å². The zero-order chi connectivity index (χ0) is 26.9. The number of pyridine rings is 1. The number of aliphatic hydroxyl groups excluding tert-OH is 3. The number of alkyl halides is 3. The molecular weight excluding hydrogens is 523 g/mol. The van der Waals surface area contributed by atoms with Crippen molar-refractivity contribution < 1.29 is 52.6 Å². The molecule has 0 spiro atoms. The number of fused-ring (bicyclic) bond motifs is 1. The number of thioether (sulfide) groups is 1. The molecule has 0 bridgehead atoms. The second-order valence-electron chi connectivity index (χ2n) is 8.15. The number of nitrogens with one attached hydrogen (secondary N) is 1. The van der Waals surface area contributed by atoms with Crippen molar-refractivity contribution in [1.82, 2.24) is 15.0 Å². The van der Waals surface area contributed by atoms with Gasteiger partial charge in [-0.3, -0.25) is 4.98 Å². The molecule has 1 aliphatic rings. The molecule has 200 valence electrons. The van der Waals surface area contributed by atoms with Gasteiger partial charge in [0.1, 0.15) is 29.8 Å². The fourth-order valence-electron chi connectivity index (χ4n) is 3.55. The van der Waals surface area contributed by atoms with E-state index in [9.17, 15) is 33.3 Å². The lowest BCUT2D eigenvalue weighted by molar-refractivity contribution is -0.271. The van der Waals surface area contributed by atoms with E-state index in [0.717, 1.165) is 0 Å². The maximum atomic E-state index is 12.5. The Morgan fingerprint density at radius 1 is 1.19 bits per heavy atom. The molecule has 1 fully saturated rings. The summed E-state index contributed by atoms with van der Waals surface area (Å²) in [6.07, 6.45) is -11.8. The molecule has 0 aliphatic carbocycles. The molecule has 4 rings (SSSR count). The van der Waals surface area contributed by atoms with Gasteiger partial charge in [-0.2, -0.15) is 13.2 Å². The molecule has 1 aliphatic heterocycles. The SMILES string of the molecule is Cc1c(OCC(F)(F)F)ccnc1CSc1nc2ccc(O[C@@H]3O[C@H](C(=O)O)[C@@H](O)[C@H](O)[C@H]3O)cc2[nH]1. The van der Waals surface area contributed by atoms with Crippen LogP contribution in [0.3, 0.4) is 0 Å². The molecule has 5 atom stereocenters. The number of H-pyrrole nitrogens is 1. The topological polar surface area (TPSA) is 167 Å². The van der Waals surface area contributed by atoms with E-state index in [-0.39, 0.29) is 17.3 Å². The summed E-state index contributed by atoms with van der Waals surface area (Å²) in [5.41, 5.74) is 2.06. The van der Waals surface area contributed by atoms with Crippen LogP contribution in [0.4, 0.5) is 13.2 Å². The number of aliphatic carboxylic acids is 1. The monoisotopic (exact) mass is 545 g/mol. The largest absolute Gasteiger partial charge is 0.484 e. The third-order valence-corrected chi connectivity index (χ3v) is 6.38. The molecule has 3 heterocycles. The lowest BCUT2D eigenvalue weighted by Crippen LogP contribution is -2.61. The maximum Gasteiger partial charge on any atom is 0.422 e. The fourth-order valence-corrected chi connectivity index (χ4v) is 4.46. The highest BCUT2D eigenvalue weighted by atomic mass is 32.2. The maximum absolute atomic E-state index is 12.5. The first-order valence-corrected chi connectivity index (χ1v) is 11.8. The second-order valence-corrected chi connectivity index (χ2v) is 9.11. The van der Waals surface area contributed by atoms with Gasteiger partial charge in [0, 0.05) is 23.6 Å². The smallest absolute Gasteiger partial charge is 0.422 e. The third-order valence-electron chi connectivity index (χ3n) is 5.49. The Labute approximate surface area is 211 Å². The van der Waals surface area contributed by atoms with E-state index < -0.39 is 49.5 Å². The highest BCUT2D eigenvalue weighted by Crippen LogP contribution is 2.30. The zero-order valence-electron chi connectivity index (χ0n) is 19.0. The Balaban J connectivity index is 1.43. The minimum absolute atomic E-state index is 0.0872. The van der Waals surface area contributed by atoms with Crippen LogP contribution in [-0.2, 0) is 15.3 Å². The molecule has 1 aromatic carbocycles. The summed E-state index contributed by atoms with van der Waals surface area (Å²) in [5.74, 6) is -0.988. The van der Waals surface area contributed by atoms with Crippen molar-refractivity contribution >= 4 is 28.8 Å². The fraction of sp³-hybridized carbons (Fsp3) is 0.409. The van der Waals surface area contributed by atoms with Gasteiger partial charge in [0.05, 0.1) is 16.7 Å². The molecule has 1 saturated heterocycles. The lowest BCUT2D eigenvalue weighted by Gasteiger charge is -2.38. The standard InChI is InChI=1S/C22H22F3N3O8S/c1-9-13(26-5-4-14(9)34-8-22(23,24)25)7-37-21-27-11-3-2-10(6-12(11)28-21)35-20-17(31)15(29)16(30)18(36-20)19(32)33/h2-6,15-18,20,29-31H,7-8H2,1H3,(H,27,28)(H,32,33)/t15-,16-,17+,18-,20+/m0/s1. The van der Waals surface area contributed by atoms with Gasteiger partial charge in [-0.15, -0.1) is 0 Å². The quantitative estimate of drug-likeness (QED) is 0.262. The number of halogens is 3. The van der Waals surface area contributed by atoms with Gasteiger partial charge in [-0.05, 0) is 25.1 Å². The number of aromatic nitrogens is 3. The van der Waals surface area contributed by atoms with E-state index in [1.165, 1.54) is 36.2 Å². The van der Waals surface area contributed by atoms with Crippen molar-refractivity contribution in [3.05, 3.63) is 41.7 Å². The van der Waals surface area contributed by atoms with E-state index in [2.05, 4.69) is 15.0 Å².